The third kappa shape index (κ3) is 3.40. The summed E-state index contributed by atoms with van der Waals surface area (Å²) in [5, 5.41) is 6.98. The van der Waals surface area contributed by atoms with Gasteiger partial charge in [0.1, 0.15) is 6.33 Å². The van der Waals surface area contributed by atoms with Crippen LogP contribution in [0.5, 0.6) is 0 Å². The fraction of sp³-hybridized carbons (Fsp3) is 0.333. The van der Waals surface area contributed by atoms with Crippen molar-refractivity contribution in [3.8, 4) is 0 Å². The van der Waals surface area contributed by atoms with Crippen molar-refractivity contribution >= 4 is 11.4 Å². The van der Waals surface area contributed by atoms with Crippen molar-refractivity contribution in [2.45, 2.75) is 12.6 Å². The first-order valence-corrected chi connectivity index (χ1v) is 5.91. The minimum Gasteiger partial charge on any atom is -0.398 e. The van der Waals surface area contributed by atoms with Gasteiger partial charge in [-0.3, -0.25) is 4.68 Å². The number of aromatic nitrogens is 3. The minimum atomic E-state index is -4.45. The molecule has 3 N–H and O–H groups in total. The van der Waals surface area contributed by atoms with E-state index in [4.69, 9.17) is 5.73 Å². The number of anilines is 2. The van der Waals surface area contributed by atoms with Crippen LogP contribution >= 0.6 is 0 Å². The Bertz CT molecular complexity index is 591. The van der Waals surface area contributed by atoms with Crippen molar-refractivity contribution in [3.05, 3.63) is 35.9 Å². The molecule has 0 radical (unpaired) electrons. The van der Waals surface area contributed by atoms with Gasteiger partial charge in [0.15, 0.2) is 5.82 Å². The molecule has 8 heteroatoms. The maximum absolute atomic E-state index is 12.7. The Morgan fingerprint density at radius 3 is 2.70 bits per heavy atom. The van der Waals surface area contributed by atoms with Crippen LogP contribution in [0.15, 0.2) is 24.5 Å². The summed E-state index contributed by atoms with van der Waals surface area (Å²) in [7, 11) is 1.75. The molecule has 0 bridgehead atoms. The molecule has 5 nitrogen and oxygen atoms in total. The molecule has 0 aliphatic carbocycles. The highest BCUT2D eigenvalue weighted by atomic mass is 19.4. The predicted molar refractivity (Wildman–Crippen MR) is 69.1 cm³/mol. The minimum absolute atomic E-state index is 0.283. The Labute approximate surface area is 113 Å². The summed E-state index contributed by atoms with van der Waals surface area (Å²) in [4.78, 5) is 4.03. The molecule has 0 atom stereocenters. The Hall–Kier alpha value is -2.25. The summed E-state index contributed by atoms with van der Waals surface area (Å²) in [6.45, 7) is 0.436. The third-order valence-electron chi connectivity index (χ3n) is 2.68. The number of nitrogens with one attached hydrogen (secondary N) is 1. The Morgan fingerprint density at radius 1 is 1.35 bits per heavy atom. The largest absolute Gasteiger partial charge is 0.418 e. The van der Waals surface area contributed by atoms with Gasteiger partial charge >= 0.3 is 6.18 Å². The first-order valence-electron chi connectivity index (χ1n) is 5.91. The van der Waals surface area contributed by atoms with Crippen LogP contribution in [0.1, 0.15) is 11.4 Å². The number of hydrogen-bond acceptors (Lipinski definition) is 4. The van der Waals surface area contributed by atoms with Gasteiger partial charge in [-0.05, 0) is 18.2 Å². The molecule has 1 heterocycles. The lowest BCUT2D eigenvalue weighted by Crippen LogP contribution is -2.11. The molecule has 0 aliphatic heterocycles. The summed E-state index contributed by atoms with van der Waals surface area (Å²) in [6.07, 6.45) is -2.36. The molecule has 108 valence electrons. The van der Waals surface area contributed by atoms with Gasteiger partial charge in [-0.1, -0.05) is 0 Å². The van der Waals surface area contributed by atoms with E-state index in [1.807, 2.05) is 0 Å². The molecule has 1 aromatic carbocycles. The third-order valence-corrected chi connectivity index (χ3v) is 2.68. The lowest BCUT2D eigenvalue weighted by atomic mass is 10.1. The molecule has 0 aliphatic rings. The second-order valence-corrected chi connectivity index (χ2v) is 4.31. The van der Waals surface area contributed by atoms with Crippen molar-refractivity contribution in [2.75, 3.05) is 17.6 Å². The Morgan fingerprint density at radius 2 is 2.10 bits per heavy atom. The van der Waals surface area contributed by atoms with Gasteiger partial charge in [-0.2, -0.15) is 18.3 Å². The van der Waals surface area contributed by atoms with Gasteiger partial charge in [0.25, 0.3) is 0 Å². The van der Waals surface area contributed by atoms with E-state index in [2.05, 4.69) is 15.4 Å². The van der Waals surface area contributed by atoms with E-state index >= 15 is 0 Å². The topological polar surface area (TPSA) is 68.8 Å². The fourth-order valence-corrected chi connectivity index (χ4v) is 1.73. The van der Waals surface area contributed by atoms with Crippen LogP contribution in [0.4, 0.5) is 24.5 Å². The van der Waals surface area contributed by atoms with Crippen LogP contribution in [-0.2, 0) is 19.6 Å². The molecule has 2 rings (SSSR count). The lowest BCUT2D eigenvalue weighted by molar-refractivity contribution is -0.136. The normalized spacial score (nSPS) is 11.6. The average molecular weight is 285 g/mol. The van der Waals surface area contributed by atoms with Crippen LogP contribution in [0.3, 0.4) is 0 Å². The molecular weight excluding hydrogens is 271 g/mol. The number of rotatable bonds is 4. The molecular formula is C12H14F3N5. The van der Waals surface area contributed by atoms with Gasteiger partial charge in [0.05, 0.1) is 5.56 Å². The highest BCUT2D eigenvalue weighted by molar-refractivity contribution is 5.58. The van der Waals surface area contributed by atoms with Crippen LogP contribution in [0.25, 0.3) is 0 Å². The standard InChI is InChI=1S/C12H14F3N5/c1-20-7-18-11(19-20)4-5-17-8-2-3-10(16)9(6-8)12(13,14)15/h2-3,6-7,17H,4-5,16H2,1H3. The smallest absolute Gasteiger partial charge is 0.398 e. The van der Waals surface area contributed by atoms with E-state index in [1.165, 1.54) is 12.1 Å². The number of aryl methyl sites for hydroxylation is 1. The maximum Gasteiger partial charge on any atom is 0.418 e. The molecule has 20 heavy (non-hydrogen) atoms. The van der Waals surface area contributed by atoms with E-state index < -0.39 is 11.7 Å². The van der Waals surface area contributed by atoms with E-state index in [0.29, 0.717) is 24.5 Å². The molecule has 0 spiro atoms. The first-order chi connectivity index (χ1) is 9.36. The zero-order valence-electron chi connectivity index (χ0n) is 10.8. The number of alkyl halides is 3. The van der Waals surface area contributed by atoms with Crippen LogP contribution in [0.2, 0.25) is 0 Å². The number of hydrogen-bond donors (Lipinski definition) is 2. The van der Waals surface area contributed by atoms with E-state index in [9.17, 15) is 13.2 Å². The molecule has 2 aromatic rings. The number of nitrogen functional groups attached to an aromatic ring is 1. The summed E-state index contributed by atoms with van der Waals surface area (Å²) >= 11 is 0. The molecule has 0 saturated heterocycles. The second kappa shape index (κ2) is 5.40. The van der Waals surface area contributed by atoms with Gasteiger partial charge in [-0.25, -0.2) is 4.98 Å². The molecule has 1 aromatic heterocycles. The average Bonchev–Trinajstić information content (AvgIpc) is 2.76. The zero-order valence-corrected chi connectivity index (χ0v) is 10.8. The zero-order chi connectivity index (χ0) is 14.8. The van der Waals surface area contributed by atoms with E-state index in [-0.39, 0.29) is 5.69 Å². The monoisotopic (exact) mass is 285 g/mol. The van der Waals surface area contributed by atoms with Gasteiger partial charge in [0, 0.05) is 31.4 Å². The quantitative estimate of drug-likeness (QED) is 0.844. The fourth-order valence-electron chi connectivity index (χ4n) is 1.73. The van der Waals surface area contributed by atoms with E-state index in [1.54, 1.807) is 18.1 Å². The summed E-state index contributed by atoms with van der Waals surface area (Å²) in [5.41, 5.74) is 4.57. The van der Waals surface area contributed by atoms with Crippen molar-refractivity contribution in [3.63, 3.8) is 0 Å². The van der Waals surface area contributed by atoms with Crippen molar-refractivity contribution < 1.29 is 13.2 Å². The molecule has 0 fully saturated rings. The number of nitrogens with zero attached hydrogens (tertiary/aromatic N) is 3. The second-order valence-electron chi connectivity index (χ2n) is 4.31. The van der Waals surface area contributed by atoms with Gasteiger partial charge < -0.3 is 11.1 Å². The lowest BCUT2D eigenvalue weighted by Gasteiger charge is -2.12. The first kappa shape index (κ1) is 14.2. The van der Waals surface area contributed by atoms with Crippen molar-refractivity contribution in [2.24, 2.45) is 7.05 Å². The number of nitrogens with two attached hydrogens (primary N) is 1. The Kier molecular flexibility index (Phi) is 3.82. The molecule has 0 unspecified atom stereocenters. The molecule has 0 amide bonds. The SMILES string of the molecule is Cn1cnc(CCNc2ccc(N)c(C(F)(F)F)c2)n1. The summed E-state index contributed by atoms with van der Waals surface area (Å²) < 4.78 is 39.6. The predicted octanol–water partition coefficient (Wildman–Crippen LogP) is 2.07. The van der Waals surface area contributed by atoms with Crippen LogP contribution < -0.4 is 11.1 Å². The van der Waals surface area contributed by atoms with Crippen LogP contribution in [-0.4, -0.2) is 21.3 Å². The number of halogens is 3. The van der Waals surface area contributed by atoms with Crippen molar-refractivity contribution in [1.29, 1.82) is 0 Å². The van der Waals surface area contributed by atoms with Gasteiger partial charge in [-0.15, -0.1) is 0 Å². The van der Waals surface area contributed by atoms with Gasteiger partial charge in [0.2, 0.25) is 0 Å². The van der Waals surface area contributed by atoms with E-state index in [0.717, 1.165) is 6.07 Å². The summed E-state index contributed by atoms with van der Waals surface area (Å²) in [5.74, 6) is 0.631. The maximum atomic E-state index is 12.7. The molecule has 0 saturated carbocycles. The Balaban J connectivity index is 2.00. The summed E-state index contributed by atoms with van der Waals surface area (Å²) in [6, 6.07) is 3.75. The van der Waals surface area contributed by atoms with Crippen LogP contribution in [0, 0.1) is 0 Å². The number of benzene rings is 1. The highest BCUT2D eigenvalue weighted by Crippen LogP contribution is 2.35. The van der Waals surface area contributed by atoms with Crippen molar-refractivity contribution in [1.82, 2.24) is 14.8 Å². The highest BCUT2D eigenvalue weighted by Gasteiger charge is 2.33.